The van der Waals surface area contributed by atoms with Gasteiger partial charge in [0.25, 0.3) is 0 Å². The number of piperidine rings is 1. The lowest BCUT2D eigenvalue weighted by Gasteiger charge is -2.37. The van der Waals surface area contributed by atoms with Crippen LogP contribution in [0.25, 0.3) is 0 Å². The van der Waals surface area contributed by atoms with Gasteiger partial charge in [-0.2, -0.15) is 13.2 Å². The van der Waals surface area contributed by atoms with Crippen LogP contribution in [0.3, 0.4) is 0 Å². The summed E-state index contributed by atoms with van der Waals surface area (Å²) in [6.07, 6.45) is -3.51. The molecule has 3 unspecified atom stereocenters. The van der Waals surface area contributed by atoms with Gasteiger partial charge in [-0.1, -0.05) is 0 Å². The molecule has 0 spiro atoms. The number of alkyl halides is 3. The molecule has 0 aromatic heterocycles. The van der Waals surface area contributed by atoms with Crippen LogP contribution >= 0.6 is 0 Å². The van der Waals surface area contributed by atoms with E-state index in [0.717, 1.165) is 0 Å². The number of hydrogen-bond donors (Lipinski definition) is 2. The standard InChI is InChI=1S/C11H15F3N2O3/c12-11(13,14)7(10(18)19)5-16-3-1-2-6-8(16)4-15-9(6)17/h6-8H,1-5H2,(H,15,17)(H,18,19). The molecule has 8 heteroatoms. The predicted molar refractivity (Wildman–Crippen MR) is 58.3 cm³/mol. The number of halogens is 3. The first-order valence-corrected chi connectivity index (χ1v) is 6.12. The van der Waals surface area contributed by atoms with E-state index in [4.69, 9.17) is 5.11 Å². The number of carboxylic acids is 1. The number of aliphatic carboxylic acids is 1. The van der Waals surface area contributed by atoms with Gasteiger partial charge in [0.15, 0.2) is 5.92 Å². The number of fused-ring (bicyclic) bond motifs is 1. The SMILES string of the molecule is O=C1NCC2C1CCCN2CC(C(=O)O)C(F)(F)F. The molecule has 0 aliphatic carbocycles. The van der Waals surface area contributed by atoms with E-state index in [2.05, 4.69) is 5.32 Å². The van der Waals surface area contributed by atoms with Crippen molar-refractivity contribution in [3.63, 3.8) is 0 Å². The molecule has 2 aliphatic heterocycles. The van der Waals surface area contributed by atoms with Gasteiger partial charge in [0.1, 0.15) is 0 Å². The van der Waals surface area contributed by atoms with Crippen molar-refractivity contribution in [2.45, 2.75) is 25.1 Å². The van der Waals surface area contributed by atoms with E-state index in [-0.39, 0.29) is 17.9 Å². The lowest BCUT2D eigenvalue weighted by atomic mass is 9.90. The van der Waals surface area contributed by atoms with Gasteiger partial charge in [0.05, 0.1) is 5.92 Å². The number of rotatable bonds is 3. The molecule has 1 amide bonds. The average molecular weight is 280 g/mol. The predicted octanol–water partition coefficient (Wildman–Crippen LogP) is 0.460. The fraction of sp³-hybridized carbons (Fsp3) is 0.818. The van der Waals surface area contributed by atoms with Crippen molar-refractivity contribution in [1.29, 1.82) is 0 Å². The molecular formula is C11H15F3N2O3. The third-order valence-corrected chi connectivity index (χ3v) is 3.83. The number of nitrogens with one attached hydrogen (secondary N) is 1. The molecule has 0 saturated carbocycles. The summed E-state index contributed by atoms with van der Waals surface area (Å²) >= 11 is 0. The van der Waals surface area contributed by atoms with Crippen LogP contribution in [0.15, 0.2) is 0 Å². The highest BCUT2D eigenvalue weighted by Crippen LogP contribution is 2.32. The monoisotopic (exact) mass is 280 g/mol. The van der Waals surface area contributed by atoms with Crippen LogP contribution in [0.5, 0.6) is 0 Å². The van der Waals surface area contributed by atoms with Crippen LogP contribution in [0.4, 0.5) is 13.2 Å². The first-order valence-electron chi connectivity index (χ1n) is 6.12. The second-order valence-electron chi connectivity index (χ2n) is 4.99. The van der Waals surface area contributed by atoms with Crippen LogP contribution < -0.4 is 5.32 Å². The van der Waals surface area contributed by atoms with E-state index in [1.807, 2.05) is 0 Å². The summed E-state index contributed by atoms with van der Waals surface area (Å²) in [5.74, 6) is -4.72. The third-order valence-electron chi connectivity index (χ3n) is 3.83. The Bertz CT molecular complexity index is 386. The Kier molecular flexibility index (Phi) is 3.71. The lowest BCUT2D eigenvalue weighted by Crippen LogP contribution is -2.50. The van der Waals surface area contributed by atoms with Crippen molar-refractivity contribution in [3.8, 4) is 0 Å². The number of nitrogens with zero attached hydrogens (tertiary/aromatic N) is 1. The molecule has 2 N–H and O–H groups in total. The van der Waals surface area contributed by atoms with Crippen molar-refractivity contribution in [2.24, 2.45) is 11.8 Å². The Hall–Kier alpha value is -1.31. The quantitative estimate of drug-likeness (QED) is 0.788. The molecule has 2 rings (SSSR count). The Labute approximate surface area is 107 Å². The van der Waals surface area contributed by atoms with Gasteiger partial charge in [-0.05, 0) is 19.4 Å². The van der Waals surface area contributed by atoms with Crippen molar-refractivity contribution in [3.05, 3.63) is 0 Å². The van der Waals surface area contributed by atoms with Crippen LogP contribution in [0, 0.1) is 11.8 Å². The lowest BCUT2D eigenvalue weighted by molar-refractivity contribution is -0.198. The van der Waals surface area contributed by atoms with E-state index in [1.165, 1.54) is 4.90 Å². The van der Waals surface area contributed by atoms with Crippen LogP contribution in [-0.4, -0.2) is 53.7 Å². The van der Waals surface area contributed by atoms with E-state index < -0.39 is 24.6 Å². The Balaban J connectivity index is 2.09. The summed E-state index contributed by atoms with van der Waals surface area (Å²) in [7, 11) is 0. The molecule has 0 aromatic rings. The minimum absolute atomic E-state index is 0.145. The van der Waals surface area contributed by atoms with E-state index >= 15 is 0 Å². The summed E-state index contributed by atoms with van der Waals surface area (Å²) in [4.78, 5) is 23.7. The second kappa shape index (κ2) is 4.99. The smallest absolute Gasteiger partial charge is 0.403 e. The molecule has 0 radical (unpaired) electrons. The zero-order chi connectivity index (χ0) is 14.2. The Morgan fingerprint density at radius 3 is 2.79 bits per heavy atom. The molecule has 0 bridgehead atoms. The highest BCUT2D eigenvalue weighted by atomic mass is 19.4. The molecule has 2 fully saturated rings. The highest BCUT2D eigenvalue weighted by molar-refractivity contribution is 5.82. The number of amides is 1. The van der Waals surface area contributed by atoms with Crippen molar-refractivity contribution in [1.82, 2.24) is 10.2 Å². The number of likely N-dealkylation sites (tertiary alicyclic amines) is 1. The zero-order valence-corrected chi connectivity index (χ0v) is 10.1. The van der Waals surface area contributed by atoms with Crippen LogP contribution in [0.2, 0.25) is 0 Å². The molecule has 2 aliphatic rings. The van der Waals surface area contributed by atoms with Crippen LogP contribution in [0.1, 0.15) is 12.8 Å². The summed E-state index contributed by atoms with van der Waals surface area (Å²) in [5.41, 5.74) is 0. The van der Waals surface area contributed by atoms with Gasteiger partial charge in [-0.15, -0.1) is 0 Å². The summed E-state index contributed by atoms with van der Waals surface area (Å²) < 4.78 is 38.0. The molecule has 2 heterocycles. The molecule has 19 heavy (non-hydrogen) atoms. The first kappa shape index (κ1) is 14.1. The van der Waals surface area contributed by atoms with Gasteiger partial charge < -0.3 is 10.4 Å². The maximum Gasteiger partial charge on any atom is 0.403 e. The molecule has 5 nitrogen and oxygen atoms in total. The minimum Gasteiger partial charge on any atom is -0.481 e. The Morgan fingerprint density at radius 2 is 2.21 bits per heavy atom. The van der Waals surface area contributed by atoms with Gasteiger partial charge >= 0.3 is 12.1 Å². The Morgan fingerprint density at radius 1 is 1.53 bits per heavy atom. The van der Waals surface area contributed by atoms with Crippen molar-refractivity contribution >= 4 is 11.9 Å². The van der Waals surface area contributed by atoms with Gasteiger partial charge in [0.2, 0.25) is 5.91 Å². The molecular weight excluding hydrogens is 265 g/mol. The van der Waals surface area contributed by atoms with E-state index in [1.54, 1.807) is 0 Å². The normalized spacial score (nSPS) is 29.7. The molecule has 2 saturated heterocycles. The average Bonchev–Trinajstić information content (AvgIpc) is 2.67. The number of hydrogen-bond acceptors (Lipinski definition) is 3. The second-order valence-corrected chi connectivity index (χ2v) is 4.99. The van der Waals surface area contributed by atoms with Gasteiger partial charge in [-0.3, -0.25) is 14.5 Å². The summed E-state index contributed by atoms with van der Waals surface area (Å²) in [6, 6.07) is -0.314. The van der Waals surface area contributed by atoms with Crippen molar-refractivity contribution < 1.29 is 27.9 Å². The zero-order valence-electron chi connectivity index (χ0n) is 10.1. The molecule has 0 aromatic carbocycles. The van der Waals surface area contributed by atoms with Gasteiger partial charge in [-0.25, -0.2) is 0 Å². The van der Waals surface area contributed by atoms with E-state index in [9.17, 15) is 22.8 Å². The summed E-state index contributed by atoms with van der Waals surface area (Å²) in [5, 5.41) is 11.3. The number of carbonyl (C=O) groups excluding carboxylic acids is 1. The minimum atomic E-state index is -4.77. The summed E-state index contributed by atoms with van der Waals surface area (Å²) in [6.45, 7) is 0.110. The largest absolute Gasteiger partial charge is 0.481 e. The fourth-order valence-electron chi connectivity index (χ4n) is 2.82. The maximum atomic E-state index is 12.7. The number of carboxylic acid groups (broad SMARTS) is 1. The van der Waals surface area contributed by atoms with Crippen LogP contribution in [-0.2, 0) is 9.59 Å². The first-order chi connectivity index (χ1) is 8.80. The van der Waals surface area contributed by atoms with E-state index in [0.29, 0.717) is 25.9 Å². The van der Waals surface area contributed by atoms with Crippen molar-refractivity contribution in [2.75, 3.05) is 19.6 Å². The molecule has 3 atom stereocenters. The molecule has 108 valence electrons. The van der Waals surface area contributed by atoms with Gasteiger partial charge in [0, 0.05) is 19.1 Å². The highest BCUT2D eigenvalue weighted by Gasteiger charge is 2.49. The fourth-order valence-corrected chi connectivity index (χ4v) is 2.82. The third kappa shape index (κ3) is 2.83. The number of carbonyl (C=O) groups is 2. The maximum absolute atomic E-state index is 12.7. The topological polar surface area (TPSA) is 69.6 Å².